The number of aliphatic imine (C=N–C) groups is 1. The molecule has 1 aromatic rings. The molecule has 2 fully saturated rings. The van der Waals surface area contributed by atoms with E-state index in [1.807, 2.05) is 7.05 Å². The third kappa shape index (κ3) is 3.39. The number of guanidine groups is 1. The zero-order valence-electron chi connectivity index (χ0n) is 13.6. The molecule has 0 amide bonds. The second-order valence-corrected chi connectivity index (χ2v) is 6.95. The van der Waals surface area contributed by atoms with Gasteiger partial charge in [0.2, 0.25) is 0 Å². The molecule has 0 spiro atoms. The summed E-state index contributed by atoms with van der Waals surface area (Å²) in [5.41, 5.74) is 2.87. The van der Waals surface area contributed by atoms with Crippen LogP contribution in [0.1, 0.15) is 56.6 Å². The molecule has 0 bridgehead atoms. The fourth-order valence-electron chi connectivity index (χ4n) is 2.90. The summed E-state index contributed by atoms with van der Waals surface area (Å²) in [7, 11) is 1.86. The third-order valence-electron chi connectivity index (χ3n) is 4.80. The number of nitrogens with zero attached hydrogens (tertiary/aromatic N) is 1. The van der Waals surface area contributed by atoms with E-state index < -0.39 is 0 Å². The molecule has 2 saturated carbocycles. The average molecular weight is 285 g/mol. The predicted molar refractivity (Wildman–Crippen MR) is 88.9 cm³/mol. The quantitative estimate of drug-likeness (QED) is 0.658. The fraction of sp³-hybridized carbons (Fsp3) is 0.611. The topological polar surface area (TPSA) is 36.4 Å². The second kappa shape index (κ2) is 5.70. The van der Waals surface area contributed by atoms with Crippen molar-refractivity contribution in [2.45, 2.75) is 57.5 Å². The summed E-state index contributed by atoms with van der Waals surface area (Å²) < 4.78 is 0. The molecular formula is C18H27N3. The Morgan fingerprint density at radius 3 is 2.24 bits per heavy atom. The van der Waals surface area contributed by atoms with Crippen molar-refractivity contribution in [2.24, 2.45) is 10.9 Å². The van der Waals surface area contributed by atoms with E-state index in [9.17, 15) is 0 Å². The minimum atomic E-state index is 0.537. The minimum Gasteiger partial charge on any atom is -0.353 e. The average Bonchev–Trinajstić information content (AvgIpc) is 3.38. The van der Waals surface area contributed by atoms with Crippen molar-refractivity contribution in [3.8, 4) is 0 Å². The molecule has 4 unspecified atom stereocenters. The van der Waals surface area contributed by atoms with Crippen LogP contribution >= 0.6 is 0 Å². The van der Waals surface area contributed by atoms with E-state index in [1.54, 1.807) is 0 Å². The van der Waals surface area contributed by atoms with Gasteiger partial charge in [0.15, 0.2) is 5.96 Å². The van der Waals surface area contributed by atoms with Crippen LogP contribution in [0.4, 0.5) is 0 Å². The van der Waals surface area contributed by atoms with Crippen LogP contribution in [0.15, 0.2) is 29.3 Å². The van der Waals surface area contributed by atoms with Gasteiger partial charge in [0.25, 0.3) is 0 Å². The first-order valence-corrected chi connectivity index (χ1v) is 8.18. The van der Waals surface area contributed by atoms with E-state index in [0.29, 0.717) is 23.9 Å². The first kappa shape index (κ1) is 14.4. The Bertz CT molecular complexity index is 518. The van der Waals surface area contributed by atoms with Crippen LogP contribution in [0.3, 0.4) is 0 Å². The van der Waals surface area contributed by atoms with Crippen molar-refractivity contribution in [3.05, 3.63) is 35.4 Å². The second-order valence-electron chi connectivity index (χ2n) is 6.95. The molecule has 0 aromatic heterocycles. The smallest absolute Gasteiger partial charge is 0.191 e. The number of hydrogen-bond acceptors (Lipinski definition) is 1. The molecule has 2 N–H and O–H groups in total. The van der Waals surface area contributed by atoms with Gasteiger partial charge in [-0.25, -0.2) is 0 Å². The first-order valence-electron chi connectivity index (χ1n) is 8.18. The molecule has 4 atom stereocenters. The molecule has 0 saturated heterocycles. The van der Waals surface area contributed by atoms with Crippen LogP contribution in [0.25, 0.3) is 0 Å². The first-order chi connectivity index (χ1) is 10.1. The van der Waals surface area contributed by atoms with Crippen LogP contribution in [0, 0.1) is 5.92 Å². The lowest BCUT2D eigenvalue weighted by atomic mass is 10.0. The predicted octanol–water partition coefficient (Wildman–Crippen LogP) is 3.24. The van der Waals surface area contributed by atoms with E-state index in [1.165, 1.54) is 24.0 Å². The molecule has 1 aromatic carbocycles. The molecular weight excluding hydrogens is 258 g/mol. The van der Waals surface area contributed by atoms with Gasteiger partial charge in [-0.15, -0.1) is 0 Å². The summed E-state index contributed by atoms with van der Waals surface area (Å²) in [6.07, 6.45) is 2.48. The van der Waals surface area contributed by atoms with Crippen molar-refractivity contribution in [2.75, 3.05) is 7.05 Å². The van der Waals surface area contributed by atoms with Gasteiger partial charge in [-0.05, 0) is 35.8 Å². The van der Waals surface area contributed by atoms with Gasteiger partial charge in [-0.2, -0.15) is 0 Å². The molecule has 0 radical (unpaired) electrons. The van der Waals surface area contributed by atoms with E-state index >= 15 is 0 Å². The maximum Gasteiger partial charge on any atom is 0.191 e. The number of nitrogens with one attached hydrogen (secondary N) is 2. The maximum atomic E-state index is 4.34. The highest BCUT2D eigenvalue weighted by atomic mass is 15.2. The zero-order chi connectivity index (χ0) is 15.0. The largest absolute Gasteiger partial charge is 0.353 e. The van der Waals surface area contributed by atoms with Gasteiger partial charge in [0, 0.05) is 25.0 Å². The molecule has 0 aliphatic heterocycles. The Morgan fingerprint density at radius 1 is 1.10 bits per heavy atom. The van der Waals surface area contributed by atoms with E-state index in [2.05, 4.69) is 60.7 Å². The molecule has 3 nitrogen and oxygen atoms in total. The zero-order valence-corrected chi connectivity index (χ0v) is 13.6. The van der Waals surface area contributed by atoms with Gasteiger partial charge in [0.1, 0.15) is 0 Å². The van der Waals surface area contributed by atoms with Crippen molar-refractivity contribution in [1.29, 1.82) is 0 Å². The summed E-state index contributed by atoms with van der Waals surface area (Å²) >= 11 is 0. The number of hydrogen-bond donors (Lipinski definition) is 2. The summed E-state index contributed by atoms with van der Waals surface area (Å²) in [5, 5.41) is 7.05. The summed E-state index contributed by atoms with van der Waals surface area (Å²) in [4.78, 5) is 4.34. The third-order valence-corrected chi connectivity index (χ3v) is 4.80. The molecule has 3 rings (SSSR count). The van der Waals surface area contributed by atoms with Crippen LogP contribution in [0.2, 0.25) is 0 Å². The van der Waals surface area contributed by atoms with Crippen molar-refractivity contribution < 1.29 is 0 Å². The van der Waals surface area contributed by atoms with E-state index in [0.717, 1.165) is 11.9 Å². The SMILES string of the molecule is CN=C(NC1CC1C)NC1CC1c1ccc(C(C)C)cc1. The highest BCUT2D eigenvalue weighted by Crippen LogP contribution is 2.41. The van der Waals surface area contributed by atoms with Crippen LogP contribution in [0.5, 0.6) is 0 Å². The van der Waals surface area contributed by atoms with E-state index in [4.69, 9.17) is 0 Å². The monoisotopic (exact) mass is 285 g/mol. The molecule has 2 aliphatic carbocycles. The Balaban J connectivity index is 1.53. The van der Waals surface area contributed by atoms with Gasteiger partial charge in [-0.1, -0.05) is 45.0 Å². The highest BCUT2D eigenvalue weighted by Gasteiger charge is 2.40. The Hall–Kier alpha value is -1.51. The lowest BCUT2D eigenvalue weighted by Crippen LogP contribution is -2.40. The molecule has 2 aliphatic rings. The normalized spacial score (nSPS) is 31.2. The molecule has 114 valence electrons. The van der Waals surface area contributed by atoms with Crippen LogP contribution < -0.4 is 10.6 Å². The standard InChI is InChI=1S/C18H27N3/c1-11(2)13-5-7-14(8-6-13)15-10-17(15)21-18(19-4)20-16-9-12(16)3/h5-8,11-12,15-17H,9-10H2,1-4H3,(H2,19,20,21). The van der Waals surface area contributed by atoms with Crippen molar-refractivity contribution in [3.63, 3.8) is 0 Å². The Kier molecular flexibility index (Phi) is 3.92. The fourth-order valence-corrected chi connectivity index (χ4v) is 2.90. The number of benzene rings is 1. The van der Waals surface area contributed by atoms with Gasteiger partial charge < -0.3 is 10.6 Å². The molecule has 0 heterocycles. The highest BCUT2D eigenvalue weighted by molar-refractivity contribution is 5.81. The maximum absolute atomic E-state index is 4.34. The van der Waals surface area contributed by atoms with Crippen molar-refractivity contribution in [1.82, 2.24) is 10.6 Å². The summed E-state index contributed by atoms with van der Waals surface area (Å²) in [6.45, 7) is 6.76. The lowest BCUT2D eigenvalue weighted by Gasteiger charge is -2.12. The van der Waals surface area contributed by atoms with Gasteiger partial charge in [0.05, 0.1) is 0 Å². The lowest BCUT2D eigenvalue weighted by molar-refractivity contribution is 0.753. The Morgan fingerprint density at radius 2 is 1.71 bits per heavy atom. The van der Waals surface area contributed by atoms with Gasteiger partial charge >= 0.3 is 0 Å². The van der Waals surface area contributed by atoms with Crippen LogP contribution in [-0.4, -0.2) is 25.1 Å². The van der Waals surface area contributed by atoms with Gasteiger partial charge in [-0.3, -0.25) is 4.99 Å². The molecule has 21 heavy (non-hydrogen) atoms. The molecule has 3 heteroatoms. The van der Waals surface area contributed by atoms with Crippen LogP contribution in [-0.2, 0) is 0 Å². The summed E-state index contributed by atoms with van der Waals surface area (Å²) in [6, 6.07) is 10.3. The van der Waals surface area contributed by atoms with Crippen molar-refractivity contribution >= 4 is 5.96 Å². The number of rotatable bonds is 4. The Labute approximate surface area is 128 Å². The summed E-state index contributed by atoms with van der Waals surface area (Å²) in [5.74, 6) is 3.01. The minimum absolute atomic E-state index is 0.537. The van der Waals surface area contributed by atoms with E-state index in [-0.39, 0.29) is 0 Å².